The third kappa shape index (κ3) is 5.02. The van der Waals surface area contributed by atoms with Gasteiger partial charge in [0.2, 0.25) is 0 Å². The number of anilines is 2. The van der Waals surface area contributed by atoms with E-state index in [1.54, 1.807) is 44.2 Å². The summed E-state index contributed by atoms with van der Waals surface area (Å²) in [5.41, 5.74) is 0.900. The minimum atomic E-state index is -0.485. The van der Waals surface area contributed by atoms with E-state index in [2.05, 4.69) is 27.5 Å². The highest BCUT2D eigenvalue weighted by Gasteiger charge is 2.17. The Bertz CT molecular complexity index is 792. The van der Waals surface area contributed by atoms with Crippen molar-refractivity contribution in [2.24, 2.45) is 0 Å². The smallest absolute Gasteiger partial charge is 0.340 e. The van der Waals surface area contributed by atoms with Crippen molar-refractivity contribution < 1.29 is 14.3 Å². The molecule has 26 heavy (non-hydrogen) atoms. The fourth-order valence-electron chi connectivity index (χ4n) is 2.28. The number of esters is 1. The van der Waals surface area contributed by atoms with Gasteiger partial charge in [-0.25, -0.2) is 14.8 Å². The number of hydrogen-bond acceptors (Lipinski definition) is 6. The lowest BCUT2D eigenvalue weighted by Crippen LogP contribution is -2.20. The molecule has 1 unspecified atom stereocenters. The van der Waals surface area contributed by atoms with E-state index in [4.69, 9.17) is 4.74 Å². The van der Waals surface area contributed by atoms with E-state index in [0.29, 0.717) is 22.9 Å². The fourth-order valence-corrected chi connectivity index (χ4v) is 2.28. The second kappa shape index (κ2) is 8.94. The number of hydrogen-bond donors (Lipinski definition) is 2. The first-order valence-corrected chi connectivity index (χ1v) is 8.64. The van der Waals surface area contributed by atoms with Crippen LogP contribution in [0.15, 0.2) is 30.3 Å². The van der Waals surface area contributed by atoms with Crippen molar-refractivity contribution in [1.29, 1.82) is 0 Å². The Kier molecular flexibility index (Phi) is 6.66. The van der Waals surface area contributed by atoms with E-state index in [-0.39, 0.29) is 18.3 Å². The first-order chi connectivity index (χ1) is 12.4. The predicted molar refractivity (Wildman–Crippen MR) is 100 cm³/mol. The number of carbonyl (C=O) groups is 2. The molecular formula is C19H24N4O3. The molecule has 0 bridgehead atoms. The summed E-state index contributed by atoms with van der Waals surface area (Å²) in [6, 6.07) is 8.53. The Labute approximate surface area is 153 Å². The lowest BCUT2D eigenvalue weighted by Gasteiger charge is -2.14. The second-order valence-corrected chi connectivity index (χ2v) is 5.86. The van der Waals surface area contributed by atoms with Gasteiger partial charge in [0.1, 0.15) is 17.3 Å². The van der Waals surface area contributed by atoms with Gasteiger partial charge in [-0.3, -0.25) is 4.79 Å². The van der Waals surface area contributed by atoms with E-state index < -0.39 is 11.9 Å². The van der Waals surface area contributed by atoms with E-state index in [9.17, 15) is 9.59 Å². The molecule has 0 saturated carbocycles. The van der Waals surface area contributed by atoms with Gasteiger partial charge in [0.15, 0.2) is 0 Å². The first kappa shape index (κ1) is 19.4. The van der Waals surface area contributed by atoms with Crippen molar-refractivity contribution >= 4 is 23.4 Å². The van der Waals surface area contributed by atoms with E-state index in [1.165, 1.54) is 0 Å². The molecule has 1 amide bonds. The summed E-state index contributed by atoms with van der Waals surface area (Å²) in [5, 5.41) is 5.96. The van der Waals surface area contributed by atoms with Crippen molar-refractivity contribution in [2.45, 2.75) is 40.2 Å². The summed E-state index contributed by atoms with van der Waals surface area (Å²) in [7, 11) is 0. The summed E-state index contributed by atoms with van der Waals surface area (Å²) in [6.07, 6.45) is 0.928. The fraction of sp³-hybridized carbons (Fsp3) is 0.368. The van der Waals surface area contributed by atoms with Gasteiger partial charge in [-0.05, 0) is 39.3 Å². The van der Waals surface area contributed by atoms with Crippen LogP contribution in [0.4, 0.5) is 11.5 Å². The molecule has 7 nitrogen and oxygen atoms in total. The normalized spacial score (nSPS) is 11.5. The zero-order valence-corrected chi connectivity index (χ0v) is 15.5. The number of nitrogens with one attached hydrogen (secondary N) is 2. The van der Waals surface area contributed by atoms with Crippen LogP contribution in [0.1, 0.15) is 53.9 Å². The maximum atomic E-state index is 12.6. The first-order valence-electron chi connectivity index (χ1n) is 8.64. The predicted octanol–water partition coefficient (Wildman–Crippen LogP) is 3.42. The van der Waals surface area contributed by atoms with Gasteiger partial charge < -0.3 is 15.4 Å². The van der Waals surface area contributed by atoms with Crippen LogP contribution in [-0.4, -0.2) is 34.5 Å². The van der Waals surface area contributed by atoms with Crippen LogP contribution in [-0.2, 0) is 4.74 Å². The quantitative estimate of drug-likeness (QED) is 0.738. The molecule has 2 aromatic rings. The zero-order chi connectivity index (χ0) is 19.1. The summed E-state index contributed by atoms with van der Waals surface area (Å²) >= 11 is 0. The number of ether oxygens (including phenoxy) is 1. The number of rotatable bonds is 7. The van der Waals surface area contributed by atoms with Gasteiger partial charge in [-0.2, -0.15) is 0 Å². The molecule has 2 N–H and O–H groups in total. The second-order valence-electron chi connectivity index (χ2n) is 5.86. The number of carbonyl (C=O) groups excluding carboxylic acids is 2. The molecule has 0 spiro atoms. The maximum absolute atomic E-state index is 12.6. The van der Waals surface area contributed by atoms with E-state index in [1.807, 2.05) is 6.92 Å². The van der Waals surface area contributed by atoms with Gasteiger partial charge >= 0.3 is 5.97 Å². The SMILES string of the molecule is CCOC(=O)c1ccccc1NC(=O)c1cc(NC(C)CC)nc(C)n1. The molecule has 0 aliphatic carbocycles. The number of aromatic nitrogens is 2. The third-order valence-corrected chi connectivity index (χ3v) is 3.75. The summed E-state index contributed by atoms with van der Waals surface area (Å²) in [4.78, 5) is 33.2. The van der Waals surface area contributed by atoms with Gasteiger partial charge in [0.05, 0.1) is 17.9 Å². The van der Waals surface area contributed by atoms with Crippen molar-refractivity contribution in [1.82, 2.24) is 9.97 Å². The summed E-state index contributed by atoms with van der Waals surface area (Å²) in [5.74, 6) is 0.179. The maximum Gasteiger partial charge on any atom is 0.340 e. The van der Waals surface area contributed by atoms with Crippen molar-refractivity contribution in [3.8, 4) is 0 Å². The molecule has 1 aromatic carbocycles. The lowest BCUT2D eigenvalue weighted by atomic mass is 10.1. The molecule has 0 aliphatic rings. The van der Waals surface area contributed by atoms with Crippen molar-refractivity contribution in [3.05, 3.63) is 47.4 Å². The van der Waals surface area contributed by atoms with E-state index in [0.717, 1.165) is 6.42 Å². The molecular weight excluding hydrogens is 332 g/mol. The number of amides is 1. The number of para-hydroxylation sites is 1. The Morgan fingerprint density at radius 1 is 1.19 bits per heavy atom. The number of nitrogens with zero attached hydrogens (tertiary/aromatic N) is 2. The lowest BCUT2D eigenvalue weighted by molar-refractivity contribution is 0.0527. The molecule has 0 aliphatic heterocycles. The van der Waals surface area contributed by atoms with E-state index >= 15 is 0 Å². The zero-order valence-electron chi connectivity index (χ0n) is 15.5. The van der Waals surface area contributed by atoms with Crippen LogP contribution >= 0.6 is 0 Å². The highest BCUT2D eigenvalue weighted by atomic mass is 16.5. The van der Waals surface area contributed by atoms with Gasteiger partial charge in [0.25, 0.3) is 5.91 Å². The molecule has 7 heteroatoms. The van der Waals surface area contributed by atoms with Crippen molar-refractivity contribution in [3.63, 3.8) is 0 Å². The number of aryl methyl sites for hydroxylation is 1. The summed E-state index contributed by atoms with van der Waals surface area (Å²) in [6.45, 7) is 7.81. The van der Waals surface area contributed by atoms with Gasteiger partial charge in [-0.15, -0.1) is 0 Å². The highest BCUT2D eigenvalue weighted by molar-refractivity contribution is 6.07. The van der Waals surface area contributed by atoms with Crippen LogP contribution in [0, 0.1) is 6.92 Å². The molecule has 2 rings (SSSR count). The molecule has 1 heterocycles. The Morgan fingerprint density at radius 2 is 1.92 bits per heavy atom. The van der Waals surface area contributed by atoms with Crippen LogP contribution in [0.3, 0.4) is 0 Å². The van der Waals surface area contributed by atoms with Gasteiger partial charge in [0, 0.05) is 12.1 Å². The highest BCUT2D eigenvalue weighted by Crippen LogP contribution is 2.18. The van der Waals surface area contributed by atoms with Crippen molar-refractivity contribution in [2.75, 3.05) is 17.2 Å². The largest absolute Gasteiger partial charge is 0.462 e. The molecule has 1 aromatic heterocycles. The molecule has 0 fully saturated rings. The topological polar surface area (TPSA) is 93.2 Å². The number of benzene rings is 1. The standard InChI is InChI=1S/C19H24N4O3/c1-5-12(3)20-17-11-16(21-13(4)22-17)18(24)23-15-10-8-7-9-14(15)19(25)26-6-2/h7-12H,5-6H2,1-4H3,(H,23,24)(H,20,21,22). The summed E-state index contributed by atoms with van der Waals surface area (Å²) < 4.78 is 5.02. The average molecular weight is 356 g/mol. The molecule has 0 saturated heterocycles. The molecule has 0 radical (unpaired) electrons. The van der Waals surface area contributed by atoms with Crippen LogP contribution < -0.4 is 10.6 Å². The minimum Gasteiger partial charge on any atom is -0.462 e. The molecule has 138 valence electrons. The Morgan fingerprint density at radius 3 is 2.62 bits per heavy atom. The monoisotopic (exact) mass is 356 g/mol. The van der Waals surface area contributed by atoms with Crippen LogP contribution in [0.2, 0.25) is 0 Å². The van der Waals surface area contributed by atoms with Crippen LogP contribution in [0.25, 0.3) is 0 Å². The van der Waals surface area contributed by atoms with Gasteiger partial charge in [-0.1, -0.05) is 19.1 Å². The third-order valence-electron chi connectivity index (χ3n) is 3.75. The minimum absolute atomic E-state index is 0.224. The van der Waals surface area contributed by atoms with Crippen LogP contribution in [0.5, 0.6) is 0 Å². The average Bonchev–Trinajstić information content (AvgIpc) is 2.61. The Balaban J connectivity index is 2.24. The molecule has 1 atom stereocenters. The Hall–Kier alpha value is -2.96.